The lowest BCUT2D eigenvalue weighted by molar-refractivity contribution is -0.129. The number of carbonyl (C=O) groups is 2. The maximum absolute atomic E-state index is 11.8. The topological polar surface area (TPSA) is 43.4 Å². The number of ether oxygens (including phenoxy) is 1. The molecule has 5 heteroatoms. The molecule has 0 amide bonds. The average Bonchev–Trinajstić information content (AvgIpc) is 2.49. The molecule has 0 aliphatic carbocycles. The van der Waals surface area contributed by atoms with E-state index in [-0.39, 0.29) is 0 Å². The number of aldehydes is 1. The van der Waals surface area contributed by atoms with Gasteiger partial charge in [-0.15, -0.1) is 0 Å². The standard InChI is InChI=1S/C16H10Br2O3/c17-13-8-12(10-19)9-14(18)16(13)21-15(20)7-6-11-4-2-1-3-5-11/h1-10H. The van der Waals surface area contributed by atoms with Gasteiger partial charge in [0.15, 0.2) is 5.75 Å². The lowest BCUT2D eigenvalue weighted by Gasteiger charge is -2.07. The predicted molar refractivity (Wildman–Crippen MR) is 88.3 cm³/mol. The zero-order chi connectivity index (χ0) is 15.2. The van der Waals surface area contributed by atoms with Crippen molar-refractivity contribution >= 4 is 50.2 Å². The van der Waals surface area contributed by atoms with Crippen molar-refractivity contribution < 1.29 is 14.3 Å². The second kappa shape index (κ2) is 7.33. The van der Waals surface area contributed by atoms with Crippen LogP contribution in [0.25, 0.3) is 6.08 Å². The Morgan fingerprint density at radius 2 is 1.62 bits per heavy atom. The highest BCUT2D eigenvalue weighted by molar-refractivity contribution is 9.11. The van der Waals surface area contributed by atoms with Crippen molar-refractivity contribution in [3.8, 4) is 5.75 Å². The molecule has 2 aromatic rings. The van der Waals surface area contributed by atoms with Crippen LogP contribution in [0.3, 0.4) is 0 Å². The Morgan fingerprint density at radius 3 is 2.19 bits per heavy atom. The molecule has 0 aliphatic heterocycles. The highest BCUT2D eigenvalue weighted by atomic mass is 79.9. The van der Waals surface area contributed by atoms with Crippen LogP contribution in [-0.2, 0) is 4.79 Å². The fourth-order valence-corrected chi connectivity index (χ4v) is 2.99. The first-order valence-electron chi connectivity index (χ1n) is 5.99. The summed E-state index contributed by atoms with van der Waals surface area (Å²) in [5.41, 5.74) is 1.39. The van der Waals surface area contributed by atoms with Crippen molar-refractivity contribution in [1.82, 2.24) is 0 Å². The van der Waals surface area contributed by atoms with Crippen LogP contribution < -0.4 is 4.74 Å². The average molecular weight is 410 g/mol. The van der Waals surface area contributed by atoms with Gasteiger partial charge in [-0.25, -0.2) is 4.79 Å². The summed E-state index contributed by atoms with van der Waals surface area (Å²) in [4.78, 5) is 22.6. The third-order valence-corrected chi connectivity index (χ3v) is 3.75. The molecule has 3 nitrogen and oxygen atoms in total. The van der Waals surface area contributed by atoms with Gasteiger partial charge < -0.3 is 4.74 Å². The van der Waals surface area contributed by atoms with Crippen molar-refractivity contribution in [1.29, 1.82) is 0 Å². The lowest BCUT2D eigenvalue weighted by atomic mass is 10.2. The SMILES string of the molecule is O=Cc1cc(Br)c(OC(=O)C=Cc2ccccc2)c(Br)c1. The first kappa shape index (κ1) is 15.7. The number of esters is 1. The van der Waals surface area contributed by atoms with E-state index < -0.39 is 5.97 Å². The molecule has 106 valence electrons. The number of hydrogen-bond acceptors (Lipinski definition) is 3. The molecule has 0 fully saturated rings. The molecule has 0 aromatic heterocycles. The lowest BCUT2D eigenvalue weighted by Crippen LogP contribution is -2.05. The Bertz CT molecular complexity index is 671. The van der Waals surface area contributed by atoms with Crippen molar-refractivity contribution in [2.75, 3.05) is 0 Å². The molecule has 2 rings (SSSR count). The predicted octanol–water partition coefficient (Wildman–Crippen LogP) is 4.64. The summed E-state index contributed by atoms with van der Waals surface area (Å²) in [5.74, 6) is -0.164. The number of hydrogen-bond donors (Lipinski definition) is 0. The molecule has 0 bridgehead atoms. The van der Waals surface area contributed by atoms with E-state index in [4.69, 9.17) is 4.74 Å². The molecule has 0 radical (unpaired) electrons. The monoisotopic (exact) mass is 408 g/mol. The van der Waals surface area contributed by atoms with E-state index in [9.17, 15) is 9.59 Å². The van der Waals surface area contributed by atoms with Crippen LogP contribution >= 0.6 is 31.9 Å². The molecule has 0 saturated carbocycles. The Balaban J connectivity index is 2.13. The molecular formula is C16H10Br2O3. The van der Waals surface area contributed by atoms with Crippen LogP contribution in [-0.4, -0.2) is 12.3 Å². The first-order chi connectivity index (χ1) is 10.1. The maximum atomic E-state index is 11.8. The van der Waals surface area contributed by atoms with Crippen LogP contribution in [0, 0.1) is 0 Å². The minimum Gasteiger partial charge on any atom is -0.421 e. The highest BCUT2D eigenvalue weighted by Gasteiger charge is 2.11. The zero-order valence-corrected chi connectivity index (χ0v) is 13.9. The van der Waals surface area contributed by atoms with Crippen molar-refractivity contribution in [2.24, 2.45) is 0 Å². The van der Waals surface area contributed by atoms with Gasteiger partial charge in [-0.3, -0.25) is 4.79 Å². The molecule has 0 atom stereocenters. The molecule has 2 aromatic carbocycles. The number of rotatable bonds is 4. The summed E-state index contributed by atoms with van der Waals surface area (Å²) in [6.07, 6.45) is 3.74. The van der Waals surface area contributed by atoms with Crippen molar-refractivity contribution in [2.45, 2.75) is 0 Å². The van der Waals surface area contributed by atoms with Gasteiger partial charge in [0.25, 0.3) is 0 Å². The largest absolute Gasteiger partial charge is 0.421 e. The van der Waals surface area contributed by atoms with Crippen LogP contribution in [0.5, 0.6) is 5.75 Å². The number of halogens is 2. The van der Waals surface area contributed by atoms with Crippen LogP contribution in [0.15, 0.2) is 57.5 Å². The Kier molecular flexibility index (Phi) is 5.47. The smallest absolute Gasteiger partial charge is 0.336 e. The van der Waals surface area contributed by atoms with Crippen LogP contribution in [0.1, 0.15) is 15.9 Å². The normalized spacial score (nSPS) is 10.6. The fourth-order valence-electron chi connectivity index (χ4n) is 1.61. The number of benzene rings is 2. The third kappa shape index (κ3) is 4.37. The third-order valence-electron chi connectivity index (χ3n) is 2.57. The van der Waals surface area contributed by atoms with E-state index >= 15 is 0 Å². The van der Waals surface area contributed by atoms with Crippen LogP contribution in [0.2, 0.25) is 0 Å². The molecular weight excluding hydrogens is 400 g/mol. The minimum atomic E-state index is -0.501. The van der Waals surface area contributed by atoms with E-state index in [0.717, 1.165) is 11.8 Å². The Hall–Kier alpha value is -1.72. The molecule has 0 unspecified atom stereocenters. The second-order valence-electron chi connectivity index (χ2n) is 4.10. The van der Waals surface area contributed by atoms with E-state index in [1.807, 2.05) is 30.3 Å². The zero-order valence-electron chi connectivity index (χ0n) is 10.8. The summed E-state index contributed by atoms with van der Waals surface area (Å²) in [6.45, 7) is 0. The maximum Gasteiger partial charge on any atom is 0.336 e. The second-order valence-corrected chi connectivity index (χ2v) is 5.81. The van der Waals surface area contributed by atoms with Gasteiger partial charge >= 0.3 is 5.97 Å². The molecule has 21 heavy (non-hydrogen) atoms. The molecule has 0 N–H and O–H groups in total. The highest BCUT2D eigenvalue weighted by Crippen LogP contribution is 2.34. The van der Waals surface area contributed by atoms with Gasteiger partial charge in [0.05, 0.1) is 8.95 Å². The molecule has 0 saturated heterocycles. The van der Waals surface area contributed by atoms with E-state index in [1.54, 1.807) is 18.2 Å². The van der Waals surface area contributed by atoms with Crippen molar-refractivity contribution in [3.63, 3.8) is 0 Å². The first-order valence-corrected chi connectivity index (χ1v) is 7.58. The van der Waals surface area contributed by atoms with Gasteiger partial charge in [0, 0.05) is 11.6 Å². The molecule has 0 heterocycles. The molecule has 0 aliphatic rings. The van der Waals surface area contributed by atoms with Gasteiger partial charge in [-0.05, 0) is 55.6 Å². The Morgan fingerprint density at radius 1 is 1.00 bits per heavy atom. The van der Waals surface area contributed by atoms with Gasteiger partial charge in [0.1, 0.15) is 6.29 Å². The van der Waals surface area contributed by atoms with Gasteiger partial charge in [-0.2, -0.15) is 0 Å². The van der Waals surface area contributed by atoms with E-state index in [0.29, 0.717) is 20.3 Å². The van der Waals surface area contributed by atoms with Crippen molar-refractivity contribution in [3.05, 3.63) is 68.6 Å². The Labute approximate surface area is 138 Å². The van der Waals surface area contributed by atoms with E-state index in [2.05, 4.69) is 31.9 Å². The molecule has 0 spiro atoms. The fraction of sp³-hybridized carbons (Fsp3) is 0. The summed E-state index contributed by atoms with van der Waals surface area (Å²) >= 11 is 6.55. The van der Waals surface area contributed by atoms with Crippen LogP contribution in [0.4, 0.5) is 0 Å². The van der Waals surface area contributed by atoms with Gasteiger partial charge in [-0.1, -0.05) is 30.3 Å². The number of carbonyl (C=O) groups excluding carboxylic acids is 2. The van der Waals surface area contributed by atoms with Gasteiger partial charge in [0.2, 0.25) is 0 Å². The summed E-state index contributed by atoms with van der Waals surface area (Å²) in [6, 6.07) is 12.6. The summed E-state index contributed by atoms with van der Waals surface area (Å²) < 4.78 is 6.32. The quantitative estimate of drug-likeness (QED) is 0.319. The van der Waals surface area contributed by atoms with E-state index in [1.165, 1.54) is 6.08 Å². The minimum absolute atomic E-state index is 0.336. The summed E-state index contributed by atoms with van der Waals surface area (Å²) in [5, 5.41) is 0. The summed E-state index contributed by atoms with van der Waals surface area (Å²) in [7, 11) is 0.